The van der Waals surface area contributed by atoms with Crippen LogP contribution in [-0.4, -0.2) is 10.5 Å². The molecular formula is C17H11Cl3N2O2. The molecule has 7 heteroatoms. The van der Waals surface area contributed by atoms with Gasteiger partial charge in [0.1, 0.15) is 6.54 Å². The number of nitrogens with one attached hydrogen (secondary N) is 1. The highest BCUT2D eigenvalue weighted by Crippen LogP contribution is 2.22. The van der Waals surface area contributed by atoms with Crippen LogP contribution in [0.3, 0.4) is 0 Å². The smallest absolute Gasteiger partial charge is 0.244 e. The molecule has 1 aromatic heterocycles. The van der Waals surface area contributed by atoms with Crippen molar-refractivity contribution in [3.63, 3.8) is 0 Å². The Morgan fingerprint density at radius 3 is 2.38 bits per heavy atom. The first kappa shape index (κ1) is 16.8. The molecule has 0 aliphatic rings. The van der Waals surface area contributed by atoms with Crippen molar-refractivity contribution in [3.8, 4) is 0 Å². The highest BCUT2D eigenvalue weighted by molar-refractivity contribution is 6.35. The maximum Gasteiger partial charge on any atom is 0.244 e. The van der Waals surface area contributed by atoms with Crippen molar-refractivity contribution >= 4 is 57.3 Å². The molecule has 0 unspecified atom stereocenters. The topological polar surface area (TPSA) is 51.1 Å². The van der Waals surface area contributed by atoms with E-state index in [4.69, 9.17) is 34.8 Å². The van der Waals surface area contributed by atoms with Crippen LogP contribution in [0, 0.1) is 0 Å². The zero-order valence-corrected chi connectivity index (χ0v) is 14.5. The highest BCUT2D eigenvalue weighted by atomic mass is 35.5. The number of halogens is 3. The van der Waals surface area contributed by atoms with Gasteiger partial charge in [0.05, 0.1) is 5.52 Å². The first-order chi connectivity index (χ1) is 11.4. The summed E-state index contributed by atoms with van der Waals surface area (Å²) in [5, 5.41) is 4.57. The monoisotopic (exact) mass is 380 g/mol. The number of rotatable bonds is 3. The van der Waals surface area contributed by atoms with Gasteiger partial charge in [0, 0.05) is 38.4 Å². The van der Waals surface area contributed by atoms with Crippen LogP contribution in [-0.2, 0) is 11.3 Å². The van der Waals surface area contributed by atoms with Crippen molar-refractivity contribution in [1.82, 2.24) is 4.57 Å². The zero-order valence-electron chi connectivity index (χ0n) is 12.2. The van der Waals surface area contributed by atoms with Crippen molar-refractivity contribution in [3.05, 3.63) is 74.0 Å². The van der Waals surface area contributed by atoms with Gasteiger partial charge in [-0.1, -0.05) is 34.8 Å². The highest BCUT2D eigenvalue weighted by Gasteiger charge is 2.09. The third-order valence-corrected chi connectivity index (χ3v) is 4.07. The third-order valence-electron chi connectivity index (χ3n) is 3.40. The van der Waals surface area contributed by atoms with Crippen molar-refractivity contribution in [2.45, 2.75) is 6.54 Å². The number of carbonyl (C=O) groups excluding carboxylic acids is 1. The normalized spacial score (nSPS) is 10.8. The summed E-state index contributed by atoms with van der Waals surface area (Å²) in [4.78, 5) is 24.2. The molecule has 0 radical (unpaired) electrons. The maximum atomic E-state index is 12.3. The predicted octanol–water partition coefficient (Wildman–Crippen LogP) is 4.60. The van der Waals surface area contributed by atoms with Gasteiger partial charge in [-0.25, -0.2) is 0 Å². The van der Waals surface area contributed by atoms with Crippen LogP contribution in [0.25, 0.3) is 10.9 Å². The van der Waals surface area contributed by atoms with Crippen molar-refractivity contribution < 1.29 is 4.79 Å². The summed E-state index contributed by atoms with van der Waals surface area (Å²) in [5.74, 6) is -0.279. The fourth-order valence-electron chi connectivity index (χ4n) is 2.40. The Kier molecular flexibility index (Phi) is 4.81. The van der Waals surface area contributed by atoms with Crippen LogP contribution in [0.4, 0.5) is 5.69 Å². The summed E-state index contributed by atoms with van der Waals surface area (Å²) in [6.45, 7) is 0.0151. The lowest BCUT2D eigenvalue weighted by Crippen LogP contribution is -2.20. The summed E-state index contributed by atoms with van der Waals surface area (Å²) >= 11 is 17.8. The quantitative estimate of drug-likeness (QED) is 0.721. The van der Waals surface area contributed by atoms with E-state index in [2.05, 4.69) is 5.32 Å². The lowest BCUT2D eigenvalue weighted by atomic mass is 10.2. The summed E-state index contributed by atoms with van der Waals surface area (Å²) in [5.41, 5.74) is 0.968. The van der Waals surface area contributed by atoms with E-state index >= 15 is 0 Å². The first-order valence-electron chi connectivity index (χ1n) is 6.97. The van der Waals surface area contributed by atoms with Crippen molar-refractivity contribution in [2.24, 2.45) is 0 Å². The second kappa shape index (κ2) is 6.85. The second-order valence-electron chi connectivity index (χ2n) is 5.18. The van der Waals surface area contributed by atoms with Crippen LogP contribution in [0.5, 0.6) is 0 Å². The van der Waals surface area contributed by atoms with E-state index in [9.17, 15) is 9.59 Å². The first-order valence-corrected chi connectivity index (χ1v) is 8.10. The standard InChI is InChI=1S/C17H11Cl3N2O2/c18-10-1-2-14-15(8-10)22(4-3-16(14)23)9-17(24)21-13-6-11(19)5-12(20)7-13/h1-8H,9H2,(H,21,24). The molecule has 122 valence electrons. The number of nitrogens with zero attached hydrogens (tertiary/aromatic N) is 1. The van der Waals surface area contributed by atoms with Gasteiger partial charge in [-0.15, -0.1) is 0 Å². The molecule has 4 nitrogen and oxygen atoms in total. The molecule has 24 heavy (non-hydrogen) atoms. The zero-order chi connectivity index (χ0) is 17.3. The van der Waals surface area contributed by atoms with Crippen molar-refractivity contribution in [2.75, 3.05) is 5.32 Å². The average Bonchev–Trinajstić information content (AvgIpc) is 2.49. The van der Waals surface area contributed by atoms with E-state index in [0.29, 0.717) is 31.7 Å². The van der Waals surface area contributed by atoms with Gasteiger partial charge in [-0.2, -0.15) is 0 Å². The van der Waals surface area contributed by atoms with E-state index < -0.39 is 0 Å². The number of amides is 1. The molecule has 0 saturated carbocycles. The summed E-state index contributed by atoms with van der Waals surface area (Å²) < 4.78 is 1.66. The minimum atomic E-state index is -0.279. The largest absolute Gasteiger partial charge is 0.338 e. The number of fused-ring (bicyclic) bond motifs is 1. The number of carbonyl (C=O) groups is 1. The molecule has 1 amide bonds. The predicted molar refractivity (Wildman–Crippen MR) is 98.3 cm³/mol. The molecule has 1 N–H and O–H groups in total. The SMILES string of the molecule is O=C(Cn1ccc(=O)c2ccc(Cl)cc21)Nc1cc(Cl)cc(Cl)c1. The number of anilines is 1. The van der Waals surface area contributed by atoms with Gasteiger partial charge in [0.25, 0.3) is 0 Å². The van der Waals surface area contributed by atoms with Gasteiger partial charge in [0.15, 0.2) is 5.43 Å². The van der Waals surface area contributed by atoms with Crippen LogP contribution in [0.1, 0.15) is 0 Å². The molecule has 1 heterocycles. The molecular weight excluding hydrogens is 371 g/mol. The van der Waals surface area contributed by atoms with Crippen LogP contribution in [0.2, 0.25) is 15.1 Å². The number of pyridine rings is 1. The molecule has 0 bridgehead atoms. The third kappa shape index (κ3) is 3.73. The summed E-state index contributed by atoms with van der Waals surface area (Å²) in [6.07, 6.45) is 1.56. The Morgan fingerprint density at radius 2 is 1.67 bits per heavy atom. The Balaban J connectivity index is 1.89. The van der Waals surface area contributed by atoms with E-state index in [-0.39, 0.29) is 17.9 Å². The molecule has 0 spiro atoms. The Hall–Kier alpha value is -2.01. The van der Waals surface area contributed by atoms with E-state index in [0.717, 1.165) is 0 Å². The molecule has 0 atom stereocenters. The lowest BCUT2D eigenvalue weighted by molar-refractivity contribution is -0.116. The van der Waals surface area contributed by atoms with Gasteiger partial charge in [-0.05, 0) is 36.4 Å². The van der Waals surface area contributed by atoms with E-state index in [1.165, 1.54) is 6.07 Å². The van der Waals surface area contributed by atoms with Gasteiger partial charge < -0.3 is 9.88 Å². The van der Waals surface area contributed by atoms with E-state index in [1.807, 2.05) is 0 Å². The number of benzene rings is 2. The van der Waals surface area contributed by atoms with Crippen LogP contribution < -0.4 is 10.7 Å². The van der Waals surface area contributed by atoms with Gasteiger partial charge in [0.2, 0.25) is 5.91 Å². The fourth-order valence-corrected chi connectivity index (χ4v) is 3.09. The van der Waals surface area contributed by atoms with Gasteiger partial charge >= 0.3 is 0 Å². The molecule has 3 rings (SSSR count). The maximum absolute atomic E-state index is 12.3. The average molecular weight is 382 g/mol. The summed E-state index contributed by atoms with van der Waals surface area (Å²) in [6, 6.07) is 11.1. The van der Waals surface area contributed by atoms with Crippen LogP contribution in [0.15, 0.2) is 53.5 Å². The minimum absolute atomic E-state index is 0.0151. The number of hydrogen-bond acceptors (Lipinski definition) is 2. The Bertz CT molecular complexity index is 979. The van der Waals surface area contributed by atoms with Gasteiger partial charge in [-0.3, -0.25) is 9.59 Å². The summed E-state index contributed by atoms with van der Waals surface area (Å²) in [7, 11) is 0. The number of aromatic nitrogens is 1. The molecule has 0 aliphatic heterocycles. The molecule has 0 fully saturated rings. The fraction of sp³-hybridized carbons (Fsp3) is 0.0588. The van der Waals surface area contributed by atoms with E-state index in [1.54, 1.807) is 47.2 Å². The molecule has 0 saturated heterocycles. The minimum Gasteiger partial charge on any atom is -0.338 e. The second-order valence-corrected chi connectivity index (χ2v) is 6.48. The Labute approximate surface area is 152 Å². The number of hydrogen-bond donors (Lipinski definition) is 1. The van der Waals surface area contributed by atoms with Crippen molar-refractivity contribution in [1.29, 1.82) is 0 Å². The Morgan fingerprint density at radius 1 is 0.958 bits per heavy atom. The molecule has 3 aromatic rings. The lowest BCUT2D eigenvalue weighted by Gasteiger charge is -2.12. The molecule has 2 aromatic carbocycles. The van der Waals surface area contributed by atoms with Crippen LogP contribution >= 0.6 is 34.8 Å². The molecule has 0 aliphatic carbocycles.